The number of carbonyl (C=O) groups is 3. The van der Waals surface area contributed by atoms with Crippen LogP contribution in [0.15, 0.2) is 54.1 Å². The minimum atomic E-state index is -1.06. The fraction of sp³-hybridized carbons (Fsp3) is 0.371. The summed E-state index contributed by atoms with van der Waals surface area (Å²) >= 11 is 1.63. The van der Waals surface area contributed by atoms with Crippen LogP contribution >= 0.6 is 11.3 Å². The van der Waals surface area contributed by atoms with Gasteiger partial charge in [-0.1, -0.05) is 19.3 Å². The first-order valence-corrected chi connectivity index (χ1v) is 16.5. The quantitative estimate of drug-likeness (QED) is 0.158. The number of rotatable bonds is 10. The Bertz CT molecular complexity index is 1760. The smallest absolute Gasteiger partial charge is 0.328 e. The average Bonchev–Trinajstić information content (AvgIpc) is 3.65. The van der Waals surface area contributed by atoms with Crippen molar-refractivity contribution >= 4 is 51.8 Å². The molecule has 2 aliphatic rings. The number of hydrogen-bond donors (Lipinski definition) is 3. The predicted molar refractivity (Wildman–Crippen MR) is 177 cm³/mol. The van der Waals surface area contributed by atoms with Crippen LogP contribution in [0.2, 0.25) is 0 Å². The molecule has 2 aliphatic carbocycles. The van der Waals surface area contributed by atoms with Crippen LogP contribution in [0.1, 0.15) is 85.8 Å². The van der Waals surface area contributed by atoms with Crippen molar-refractivity contribution in [2.45, 2.75) is 76.8 Å². The molecular weight excluding hydrogens is 588 g/mol. The molecule has 2 saturated carbocycles. The lowest BCUT2D eigenvalue weighted by molar-refractivity contribution is -0.131. The molecule has 0 unspecified atom stereocenters. The zero-order valence-corrected chi connectivity index (χ0v) is 26.4. The third-order valence-electron chi connectivity index (χ3n) is 9.06. The molecule has 234 valence electrons. The maximum atomic E-state index is 13.7. The van der Waals surface area contributed by atoms with Crippen LogP contribution in [0.4, 0.5) is 5.69 Å². The number of fused-ring (bicyclic) bond motifs is 1. The fourth-order valence-electron chi connectivity index (χ4n) is 6.61. The number of nitrogens with one attached hydrogen (secondary N) is 2. The van der Waals surface area contributed by atoms with Crippen molar-refractivity contribution in [3.8, 4) is 16.5 Å². The van der Waals surface area contributed by atoms with Gasteiger partial charge < -0.3 is 25.0 Å². The maximum Gasteiger partial charge on any atom is 0.328 e. The van der Waals surface area contributed by atoms with Gasteiger partial charge in [0.15, 0.2) is 0 Å². The fourth-order valence-corrected chi connectivity index (χ4v) is 7.34. The Morgan fingerprint density at radius 1 is 1.11 bits per heavy atom. The van der Waals surface area contributed by atoms with Crippen molar-refractivity contribution in [3.63, 3.8) is 0 Å². The summed E-state index contributed by atoms with van der Waals surface area (Å²) in [4.78, 5) is 43.0. The molecule has 2 fully saturated rings. The summed E-state index contributed by atoms with van der Waals surface area (Å²) in [5, 5.41) is 19.0. The van der Waals surface area contributed by atoms with Gasteiger partial charge in [-0.15, -0.1) is 11.3 Å². The Balaban J connectivity index is 1.25. The van der Waals surface area contributed by atoms with Crippen LogP contribution in [0, 0.1) is 6.92 Å². The van der Waals surface area contributed by atoms with Crippen LogP contribution in [-0.4, -0.2) is 44.6 Å². The van der Waals surface area contributed by atoms with Crippen molar-refractivity contribution in [2.24, 2.45) is 0 Å². The molecule has 3 N–H and O–H groups in total. The number of carboxylic acid groups (broad SMARTS) is 1. The first kappa shape index (κ1) is 30.6. The van der Waals surface area contributed by atoms with E-state index in [9.17, 15) is 14.4 Å². The van der Waals surface area contributed by atoms with E-state index in [0.29, 0.717) is 48.1 Å². The minimum absolute atomic E-state index is 0.281. The normalized spacial score (nSPS) is 16.4. The SMILES string of the molecule is CCOc1cc(NC(=O)C2(NC(=O)c3ccc4c(c3)c(C)c(-c3nccs3)n4C3CCCCC3)CCC2)ccc1/C=C/C(=O)O. The summed E-state index contributed by atoms with van der Waals surface area (Å²) in [5.74, 6) is -1.17. The molecule has 0 bridgehead atoms. The van der Waals surface area contributed by atoms with Gasteiger partial charge in [0, 0.05) is 57.5 Å². The molecule has 0 aliphatic heterocycles. The summed E-state index contributed by atoms with van der Waals surface area (Å²) in [7, 11) is 0. The highest BCUT2D eigenvalue weighted by molar-refractivity contribution is 7.13. The van der Waals surface area contributed by atoms with Gasteiger partial charge in [-0.3, -0.25) is 9.59 Å². The Morgan fingerprint density at radius 2 is 1.91 bits per heavy atom. The number of amides is 2. The average molecular weight is 627 g/mol. The monoisotopic (exact) mass is 626 g/mol. The Kier molecular flexibility index (Phi) is 8.76. The Morgan fingerprint density at radius 3 is 2.58 bits per heavy atom. The number of thiazole rings is 1. The van der Waals surface area contributed by atoms with Crippen molar-refractivity contribution in [1.29, 1.82) is 0 Å². The second kappa shape index (κ2) is 12.9. The zero-order valence-electron chi connectivity index (χ0n) is 25.6. The molecule has 0 spiro atoms. The van der Waals surface area contributed by atoms with Crippen LogP contribution < -0.4 is 15.4 Å². The van der Waals surface area contributed by atoms with Gasteiger partial charge in [-0.2, -0.15) is 0 Å². The highest BCUT2D eigenvalue weighted by Crippen LogP contribution is 2.41. The van der Waals surface area contributed by atoms with E-state index in [0.717, 1.165) is 52.5 Å². The molecule has 6 rings (SSSR count). The van der Waals surface area contributed by atoms with Crippen molar-refractivity contribution in [3.05, 3.63) is 70.7 Å². The third kappa shape index (κ3) is 6.11. The number of aryl methyl sites for hydroxylation is 1. The third-order valence-corrected chi connectivity index (χ3v) is 9.84. The van der Waals surface area contributed by atoms with E-state index in [-0.39, 0.29) is 11.8 Å². The van der Waals surface area contributed by atoms with E-state index in [1.165, 1.54) is 25.3 Å². The zero-order chi connectivity index (χ0) is 31.6. The topological polar surface area (TPSA) is 123 Å². The van der Waals surface area contributed by atoms with E-state index in [1.807, 2.05) is 36.7 Å². The van der Waals surface area contributed by atoms with E-state index in [1.54, 1.807) is 29.5 Å². The number of ether oxygens (including phenoxy) is 1. The van der Waals surface area contributed by atoms with Gasteiger partial charge >= 0.3 is 5.97 Å². The Labute approximate surface area is 266 Å². The van der Waals surface area contributed by atoms with Crippen molar-refractivity contribution < 1.29 is 24.2 Å². The molecule has 2 aromatic carbocycles. The van der Waals surface area contributed by atoms with Crippen LogP contribution in [-0.2, 0) is 9.59 Å². The number of carbonyl (C=O) groups excluding carboxylic acids is 2. The van der Waals surface area contributed by atoms with Gasteiger partial charge in [-0.05, 0) is 87.9 Å². The molecule has 0 saturated heterocycles. The first-order chi connectivity index (χ1) is 21.8. The summed E-state index contributed by atoms with van der Waals surface area (Å²) in [5.41, 5.74) is 3.96. The summed E-state index contributed by atoms with van der Waals surface area (Å²) in [6.07, 6.45) is 12.2. The van der Waals surface area contributed by atoms with E-state index < -0.39 is 11.5 Å². The molecule has 0 radical (unpaired) electrons. The lowest BCUT2D eigenvalue weighted by atomic mass is 9.75. The highest BCUT2D eigenvalue weighted by Gasteiger charge is 2.45. The second-order valence-corrected chi connectivity index (χ2v) is 12.8. The highest BCUT2D eigenvalue weighted by atomic mass is 32.1. The number of anilines is 1. The lowest BCUT2D eigenvalue weighted by Gasteiger charge is -2.40. The summed E-state index contributed by atoms with van der Waals surface area (Å²) < 4.78 is 8.14. The van der Waals surface area contributed by atoms with Gasteiger partial charge in [0.25, 0.3) is 5.91 Å². The Hall–Kier alpha value is -4.44. The molecule has 2 amide bonds. The molecular formula is C35H38N4O5S. The van der Waals surface area contributed by atoms with E-state index >= 15 is 0 Å². The van der Waals surface area contributed by atoms with Gasteiger partial charge in [0.05, 0.1) is 12.3 Å². The molecule has 45 heavy (non-hydrogen) atoms. The minimum Gasteiger partial charge on any atom is -0.493 e. The number of hydrogen-bond acceptors (Lipinski definition) is 6. The largest absolute Gasteiger partial charge is 0.493 e. The lowest BCUT2D eigenvalue weighted by Crippen LogP contribution is -2.61. The van der Waals surface area contributed by atoms with Crippen molar-refractivity contribution in [2.75, 3.05) is 11.9 Å². The van der Waals surface area contributed by atoms with Gasteiger partial charge in [0.1, 0.15) is 16.3 Å². The number of aromatic nitrogens is 2. The molecule has 0 atom stereocenters. The van der Waals surface area contributed by atoms with Gasteiger partial charge in [0.2, 0.25) is 5.91 Å². The molecule has 9 nitrogen and oxygen atoms in total. The number of benzene rings is 2. The van der Waals surface area contributed by atoms with E-state index in [4.69, 9.17) is 9.84 Å². The van der Waals surface area contributed by atoms with Crippen LogP contribution in [0.3, 0.4) is 0 Å². The van der Waals surface area contributed by atoms with E-state index in [2.05, 4.69) is 27.1 Å². The van der Waals surface area contributed by atoms with Gasteiger partial charge in [-0.25, -0.2) is 9.78 Å². The van der Waals surface area contributed by atoms with Crippen LogP contribution in [0.5, 0.6) is 5.75 Å². The molecule has 10 heteroatoms. The molecule has 4 aromatic rings. The van der Waals surface area contributed by atoms with Crippen molar-refractivity contribution in [1.82, 2.24) is 14.9 Å². The summed E-state index contributed by atoms with van der Waals surface area (Å²) in [6, 6.07) is 11.3. The second-order valence-electron chi connectivity index (χ2n) is 11.9. The molecule has 2 aromatic heterocycles. The first-order valence-electron chi connectivity index (χ1n) is 15.7. The predicted octanol–water partition coefficient (Wildman–Crippen LogP) is 7.37. The standard InChI is InChI=1S/C35H38N4O5S/c1-3-44-29-21-25(13-10-23(29)12-15-30(40)41)37-34(43)35(16-7-17-35)38-32(42)24-11-14-28-27(20-24)22(2)31(33-36-18-19-45-33)39(28)26-8-5-4-6-9-26/h10-15,18-21,26H,3-9,16-17H2,1-2H3,(H,37,43)(H,38,42)(H,40,41)/b15-12+. The maximum absolute atomic E-state index is 13.7. The molecule has 2 heterocycles. The van der Waals surface area contributed by atoms with Crippen LogP contribution in [0.25, 0.3) is 27.7 Å². The number of nitrogens with zero attached hydrogens (tertiary/aromatic N) is 2. The number of carboxylic acids is 1. The summed E-state index contributed by atoms with van der Waals surface area (Å²) in [6.45, 7) is 4.32. The number of aliphatic carboxylic acids is 1.